The molecular formula is C21H33NO4. The maximum atomic E-state index is 12.9. The first-order chi connectivity index (χ1) is 12.7. The lowest BCUT2D eigenvalue weighted by Crippen LogP contribution is -2.44. The van der Waals surface area contributed by atoms with Crippen molar-refractivity contribution in [2.45, 2.75) is 70.6 Å². The topological polar surface area (TPSA) is 67.8 Å². The zero-order chi connectivity index (χ0) is 18.1. The number of nitrogens with one attached hydrogen (secondary N) is 1. The molecule has 0 aromatic rings. The smallest absolute Gasteiger partial charge is 0.286 e. The molecule has 0 saturated heterocycles. The van der Waals surface area contributed by atoms with E-state index in [1.807, 2.05) is 6.92 Å². The molecule has 0 aromatic carbocycles. The maximum Gasteiger partial charge on any atom is 0.286 e. The van der Waals surface area contributed by atoms with Crippen molar-refractivity contribution < 1.29 is 19.4 Å². The molecule has 5 nitrogen and oxygen atoms in total. The Balaban J connectivity index is 1.46. The van der Waals surface area contributed by atoms with Gasteiger partial charge >= 0.3 is 0 Å². The van der Waals surface area contributed by atoms with Gasteiger partial charge in [-0.3, -0.25) is 4.79 Å². The molecule has 0 spiro atoms. The summed E-state index contributed by atoms with van der Waals surface area (Å²) in [6.45, 7) is 2.72. The van der Waals surface area contributed by atoms with Crippen molar-refractivity contribution in [3.63, 3.8) is 0 Å². The van der Waals surface area contributed by atoms with Crippen LogP contribution < -0.4 is 5.32 Å². The van der Waals surface area contributed by atoms with E-state index < -0.39 is 0 Å². The quantitative estimate of drug-likeness (QED) is 0.696. The number of amides is 1. The summed E-state index contributed by atoms with van der Waals surface area (Å²) in [4.78, 5) is 12.9. The largest absolute Gasteiger partial charge is 0.459 e. The molecule has 0 aromatic heterocycles. The molecule has 6 atom stereocenters. The van der Waals surface area contributed by atoms with Gasteiger partial charge in [0.25, 0.3) is 5.91 Å². The first kappa shape index (κ1) is 18.3. The number of hydrogen-bond donors (Lipinski definition) is 2. The Morgan fingerprint density at radius 3 is 2.69 bits per heavy atom. The van der Waals surface area contributed by atoms with Gasteiger partial charge in [0.05, 0.1) is 0 Å². The Kier molecular flexibility index (Phi) is 5.55. The zero-order valence-corrected chi connectivity index (χ0v) is 15.9. The molecule has 3 fully saturated rings. The van der Waals surface area contributed by atoms with Gasteiger partial charge in [0, 0.05) is 25.2 Å². The second-order valence-corrected chi connectivity index (χ2v) is 8.67. The molecule has 2 N–H and O–H groups in total. The SMILES string of the molecule is CCO[C@@H]1OC(C(=O)NC2CC3CCC2C3)=C[C@H](C2CC2)[C@H]1CCCO. The summed E-state index contributed by atoms with van der Waals surface area (Å²) in [6.07, 6.45) is 10.8. The Hall–Kier alpha value is -1.07. The molecule has 3 aliphatic carbocycles. The lowest BCUT2D eigenvalue weighted by molar-refractivity contribution is -0.174. The summed E-state index contributed by atoms with van der Waals surface area (Å²) in [7, 11) is 0. The summed E-state index contributed by atoms with van der Waals surface area (Å²) in [5, 5.41) is 12.5. The molecule has 3 saturated carbocycles. The van der Waals surface area contributed by atoms with Crippen LogP contribution in [0.5, 0.6) is 0 Å². The Morgan fingerprint density at radius 1 is 1.27 bits per heavy atom. The Bertz CT molecular complexity index is 544. The number of hydrogen-bond acceptors (Lipinski definition) is 4. The fourth-order valence-electron chi connectivity index (χ4n) is 5.47. The van der Waals surface area contributed by atoms with E-state index in [0.717, 1.165) is 25.2 Å². The predicted octanol–water partition coefficient (Wildman–Crippen LogP) is 2.98. The molecule has 0 radical (unpaired) electrons. The van der Waals surface area contributed by atoms with Gasteiger partial charge in [-0.05, 0) is 81.6 Å². The highest BCUT2D eigenvalue weighted by Gasteiger charge is 2.45. The fraction of sp³-hybridized carbons (Fsp3) is 0.857. The average Bonchev–Trinajstić information content (AvgIpc) is 3.28. The van der Waals surface area contributed by atoms with Crippen molar-refractivity contribution in [2.24, 2.45) is 29.6 Å². The summed E-state index contributed by atoms with van der Waals surface area (Å²) in [5.41, 5.74) is 0. The van der Waals surface area contributed by atoms with Crippen molar-refractivity contribution in [3.8, 4) is 0 Å². The minimum atomic E-state index is -0.372. The first-order valence-electron chi connectivity index (χ1n) is 10.6. The third-order valence-electron chi connectivity index (χ3n) is 6.90. The van der Waals surface area contributed by atoms with Crippen LogP contribution in [-0.2, 0) is 14.3 Å². The second kappa shape index (κ2) is 7.89. The highest BCUT2D eigenvalue weighted by Crippen LogP contribution is 2.47. The normalized spacial score (nSPS) is 38.8. The zero-order valence-electron chi connectivity index (χ0n) is 15.9. The highest BCUT2D eigenvalue weighted by molar-refractivity contribution is 5.91. The molecular weight excluding hydrogens is 330 g/mol. The molecule has 146 valence electrons. The van der Waals surface area contributed by atoms with Gasteiger partial charge in [0.2, 0.25) is 6.29 Å². The van der Waals surface area contributed by atoms with Gasteiger partial charge in [-0.25, -0.2) is 0 Å². The third-order valence-corrected chi connectivity index (χ3v) is 6.90. The highest BCUT2D eigenvalue weighted by atomic mass is 16.7. The third kappa shape index (κ3) is 3.79. The van der Waals surface area contributed by atoms with Crippen LogP contribution in [0.15, 0.2) is 11.8 Å². The van der Waals surface area contributed by atoms with Crippen LogP contribution in [0, 0.1) is 29.6 Å². The monoisotopic (exact) mass is 363 g/mol. The fourth-order valence-corrected chi connectivity index (χ4v) is 5.47. The van der Waals surface area contributed by atoms with Crippen molar-refractivity contribution in [1.82, 2.24) is 5.32 Å². The molecule has 1 heterocycles. The van der Waals surface area contributed by atoms with Crippen LogP contribution in [0.4, 0.5) is 0 Å². The minimum Gasteiger partial charge on any atom is -0.459 e. The number of rotatable bonds is 8. The standard InChI is InChI=1S/C21H33NO4/c1-2-25-21-16(4-3-9-23)17(14-7-8-14)12-19(26-21)20(24)22-18-11-13-5-6-15(18)10-13/h12-18,21,23H,2-11H2,1H3,(H,22,24)/t13?,15?,16-,17-,18?,21-/m1/s1. The van der Waals surface area contributed by atoms with E-state index in [2.05, 4.69) is 11.4 Å². The summed E-state index contributed by atoms with van der Waals surface area (Å²) < 4.78 is 11.9. The second-order valence-electron chi connectivity index (χ2n) is 8.67. The first-order valence-corrected chi connectivity index (χ1v) is 10.6. The number of allylic oxidation sites excluding steroid dienone is 1. The number of carbonyl (C=O) groups is 1. The summed E-state index contributed by atoms with van der Waals surface area (Å²) in [5.74, 6) is 3.07. The molecule has 3 unspecified atom stereocenters. The van der Waals surface area contributed by atoms with E-state index >= 15 is 0 Å². The van der Waals surface area contributed by atoms with Crippen LogP contribution in [0.1, 0.15) is 58.3 Å². The van der Waals surface area contributed by atoms with Crippen LogP contribution in [0.25, 0.3) is 0 Å². The van der Waals surface area contributed by atoms with Gasteiger partial charge < -0.3 is 19.9 Å². The van der Waals surface area contributed by atoms with Crippen LogP contribution in [0.3, 0.4) is 0 Å². The Labute approximate surface area is 156 Å². The minimum absolute atomic E-state index is 0.0569. The predicted molar refractivity (Wildman–Crippen MR) is 98.0 cm³/mol. The molecule has 5 heteroatoms. The van der Waals surface area contributed by atoms with E-state index in [-0.39, 0.29) is 24.7 Å². The molecule has 1 aliphatic heterocycles. The van der Waals surface area contributed by atoms with E-state index in [9.17, 15) is 9.90 Å². The number of ether oxygens (including phenoxy) is 2. The number of carbonyl (C=O) groups excluding carboxylic acids is 1. The summed E-state index contributed by atoms with van der Waals surface area (Å²) in [6, 6.07) is 0.322. The van der Waals surface area contributed by atoms with Crippen molar-refractivity contribution >= 4 is 5.91 Å². The molecule has 4 rings (SSSR count). The lowest BCUT2D eigenvalue weighted by atomic mass is 9.82. The van der Waals surface area contributed by atoms with Crippen LogP contribution in [0.2, 0.25) is 0 Å². The maximum absolute atomic E-state index is 12.9. The average molecular weight is 363 g/mol. The van der Waals surface area contributed by atoms with Gasteiger partial charge in [0.1, 0.15) is 0 Å². The van der Waals surface area contributed by atoms with E-state index in [0.29, 0.717) is 36.2 Å². The van der Waals surface area contributed by atoms with Crippen molar-refractivity contribution in [1.29, 1.82) is 0 Å². The molecule has 4 aliphatic rings. The van der Waals surface area contributed by atoms with E-state index in [4.69, 9.17) is 9.47 Å². The van der Waals surface area contributed by atoms with Crippen molar-refractivity contribution in [3.05, 3.63) is 11.8 Å². The van der Waals surface area contributed by atoms with E-state index in [1.54, 1.807) is 0 Å². The van der Waals surface area contributed by atoms with Crippen LogP contribution in [-0.4, -0.2) is 36.6 Å². The van der Waals surface area contributed by atoms with Gasteiger partial charge in [-0.15, -0.1) is 0 Å². The molecule has 26 heavy (non-hydrogen) atoms. The Morgan fingerprint density at radius 2 is 2.08 bits per heavy atom. The van der Waals surface area contributed by atoms with Gasteiger partial charge in [-0.1, -0.05) is 6.42 Å². The molecule has 2 bridgehead atoms. The summed E-state index contributed by atoms with van der Waals surface area (Å²) >= 11 is 0. The van der Waals surface area contributed by atoms with Gasteiger partial charge in [0.15, 0.2) is 5.76 Å². The number of aliphatic hydroxyl groups is 1. The lowest BCUT2D eigenvalue weighted by Gasteiger charge is -2.37. The molecule has 1 amide bonds. The van der Waals surface area contributed by atoms with Gasteiger partial charge in [-0.2, -0.15) is 0 Å². The number of fused-ring (bicyclic) bond motifs is 2. The number of aliphatic hydroxyl groups excluding tert-OH is 1. The van der Waals surface area contributed by atoms with E-state index in [1.165, 1.54) is 32.1 Å². The van der Waals surface area contributed by atoms with Crippen LogP contribution >= 0.6 is 0 Å². The van der Waals surface area contributed by atoms with Crippen molar-refractivity contribution in [2.75, 3.05) is 13.2 Å².